The van der Waals surface area contributed by atoms with Crippen molar-refractivity contribution >= 4 is 41.0 Å². The van der Waals surface area contributed by atoms with E-state index in [1.807, 2.05) is 0 Å². The highest BCUT2D eigenvalue weighted by atomic mass is 35.5. The molecule has 0 aliphatic carbocycles. The van der Waals surface area contributed by atoms with Crippen LogP contribution >= 0.6 is 23.2 Å². The largest absolute Gasteiger partial charge is 0.337 e. The summed E-state index contributed by atoms with van der Waals surface area (Å²) in [7, 11) is 0. The van der Waals surface area contributed by atoms with Gasteiger partial charge in [0.15, 0.2) is 0 Å². The number of hydrogen-bond acceptors (Lipinski definition) is 4. The van der Waals surface area contributed by atoms with E-state index in [4.69, 9.17) is 28.0 Å². The second-order valence-electron chi connectivity index (χ2n) is 4.80. The SMILES string of the molecule is O=C(Cc1cccc(Cl)c1Cl)ON1C(=O)c2ccccc2C1=O. The first-order valence-corrected chi connectivity index (χ1v) is 7.36. The topological polar surface area (TPSA) is 63.7 Å². The van der Waals surface area contributed by atoms with Crippen LogP contribution in [0.5, 0.6) is 0 Å². The number of rotatable bonds is 3. The fraction of sp³-hybridized carbons (Fsp3) is 0.0625. The molecule has 116 valence electrons. The predicted octanol–water partition coefficient (Wildman–Crippen LogP) is 3.29. The van der Waals surface area contributed by atoms with Gasteiger partial charge in [-0.3, -0.25) is 9.59 Å². The van der Waals surface area contributed by atoms with Crippen molar-refractivity contribution in [3.8, 4) is 0 Å². The van der Waals surface area contributed by atoms with Gasteiger partial charge in [-0.05, 0) is 23.8 Å². The fourth-order valence-corrected chi connectivity index (χ4v) is 2.61. The number of carbonyl (C=O) groups excluding carboxylic acids is 3. The van der Waals surface area contributed by atoms with Gasteiger partial charge in [0, 0.05) is 0 Å². The van der Waals surface area contributed by atoms with Gasteiger partial charge in [0.25, 0.3) is 11.8 Å². The van der Waals surface area contributed by atoms with Crippen molar-refractivity contribution in [3.63, 3.8) is 0 Å². The van der Waals surface area contributed by atoms with Crippen LogP contribution in [-0.4, -0.2) is 22.8 Å². The summed E-state index contributed by atoms with van der Waals surface area (Å²) in [5, 5.41) is 0.997. The zero-order valence-corrected chi connectivity index (χ0v) is 13.1. The molecule has 2 aromatic rings. The second kappa shape index (κ2) is 6.02. The van der Waals surface area contributed by atoms with Crippen LogP contribution in [0.25, 0.3) is 0 Å². The average Bonchev–Trinajstić information content (AvgIpc) is 2.77. The summed E-state index contributed by atoms with van der Waals surface area (Å²) in [6.07, 6.45) is -0.215. The van der Waals surface area contributed by atoms with Crippen LogP contribution < -0.4 is 0 Å². The first kappa shape index (κ1) is 15.5. The summed E-state index contributed by atoms with van der Waals surface area (Å²) in [5.74, 6) is -2.13. The van der Waals surface area contributed by atoms with Crippen LogP contribution in [0.4, 0.5) is 0 Å². The maximum Gasteiger partial charge on any atom is 0.337 e. The molecule has 1 aliphatic heterocycles. The number of carbonyl (C=O) groups is 3. The van der Waals surface area contributed by atoms with Gasteiger partial charge in [0.1, 0.15) is 0 Å². The monoisotopic (exact) mass is 349 g/mol. The van der Waals surface area contributed by atoms with Gasteiger partial charge in [0.05, 0.1) is 27.6 Å². The first-order valence-electron chi connectivity index (χ1n) is 6.60. The summed E-state index contributed by atoms with van der Waals surface area (Å²) in [5.41, 5.74) is 0.845. The zero-order chi connectivity index (χ0) is 16.6. The van der Waals surface area contributed by atoms with Crippen molar-refractivity contribution < 1.29 is 19.2 Å². The minimum Gasteiger partial charge on any atom is -0.329 e. The molecular weight excluding hydrogens is 341 g/mol. The van der Waals surface area contributed by atoms with Gasteiger partial charge >= 0.3 is 5.97 Å². The van der Waals surface area contributed by atoms with Crippen LogP contribution in [-0.2, 0) is 16.1 Å². The van der Waals surface area contributed by atoms with Crippen molar-refractivity contribution in [2.45, 2.75) is 6.42 Å². The molecule has 2 aromatic carbocycles. The lowest BCUT2D eigenvalue weighted by molar-refractivity contribution is -0.167. The van der Waals surface area contributed by atoms with Crippen LogP contribution in [0.15, 0.2) is 42.5 Å². The lowest BCUT2D eigenvalue weighted by atomic mass is 10.1. The van der Waals surface area contributed by atoms with Crippen LogP contribution in [0.1, 0.15) is 26.3 Å². The average molecular weight is 350 g/mol. The molecule has 0 atom stereocenters. The lowest BCUT2D eigenvalue weighted by Crippen LogP contribution is -2.33. The molecule has 23 heavy (non-hydrogen) atoms. The molecular formula is C16H9Cl2NO4. The molecule has 0 saturated carbocycles. The van der Waals surface area contributed by atoms with E-state index >= 15 is 0 Å². The third kappa shape index (κ3) is 2.81. The molecule has 2 amide bonds. The Morgan fingerprint density at radius 3 is 2.17 bits per heavy atom. The third-order valence-electron chi connectivity index (χ3n) is 3.32. The fourth-order valence-electron chi connectivity index (χ4n) is 2.22. The summed E-state index contributed by atoms with van der Waals surface area (Å²) in [4.78, 5) is 41.1. The number of hydroxylamine groups is 2. The van der Waals surface area contributed by atoms with E-state index in [1.165, 1.54) is 12.1 Å². The molecule has 7 heteroatoms. The summed E-state index contributed by atoms with van der Waals surface area (Å²) in [6.45, 7) is 0. The maximum atomic E-state index is 12.1. The van der Waals surface area contributed by atoms with Gasteiger partial charge in [-0.25, -0.2) is 4.79 Å². The van der Waals surface area contributed by atoms with Crippen LogP contribution in [0, 0.1) is 0 Å². The Bertz CT molecular complexity index is 800. The van der Waals surface area contributed by atoms with Crippen molar-refractivity contribution in [2.75, 3.05) is 0 Å². The second-order valence-corrected chi connectivity index (χ2v) is 5.59. The Balaban J connectivity index is 1.76. The molecule has 3 rings (SSSR count). The normalized spacial score (nSPS) is 13.2. The van der Waals surface area contributed by atoms with E-state index in [0.717, 1.165) is 0 Å². The van der Waals surface area contributed by atoms with Crippen LogP contribution in [0.2, 0.25) is 10.0 Å². The van der Waals surface area contributed by atoms with Gasteiger partial charge in [-0.2, -0.15) is 0 Å². The Morgan fingerprint density at radius 2 is 1.57 bits per heavy atom. The smallest absolute Gasteiger partial charge is 0.329 e. The maximum absolute atomic E-state index is 12.1. The number of imide groups is 1. The Kier molecular flexibility index (Phi) is 4.07. The highest BCUT2D eigenvalue weighted by molar-refractivity contribution is 6.42. The summed E-state index contributed by atoms with van der Waals surface area (Å²) in [6, 6.07) is 11.1. The molecule has 0 radical (unpaired) electrons. The van der Waals surface area contributed by atoms with E-state index in [9.17, 15) is 14.4 Å². The van der Waals surface area contributed by atoms with Gasteiger partial charge in [-0.1, -0.05) is 52.5 Å². The highest BCUT2D eigenvalue weighted by Crippen LogP contribution is 2.27. The van der Waals surface area contributed by atoms with E-state index < -0.39 is 17.8 Å². The predicted molar refractivity (Wildman–Crippen MR) is 83.2 cm³/mol. The van der Waals surface area contributed by atoms with E-state index in [2.05, 4.69) is 0 Å². The van der Waals surface area contributed by atoms with Gasteiger partial charge in [-0.15, -0.1) is 0 Å². The van der Waals surface area contributed by atoms with Crippen molar-refractivity contribution in [3.05, 3.63) is 69.2 Å². The van der Waals surface area contributed by atoms with Crippen molar-refractivity contribution in [1.29, 1.82) is 0 Å². The number of halogens is 2. The van der Waals surface area contributed by atoms with Gasteiger partial charge < -0.3 is 4.84 Å². The molecule has 0 spiro atoms. The number of fused-ring (bicyclic) bond motifs is 1. The number of amides is 2. The Morgan fingerprint density at radius 1 is 0.957 bits per heavy atom. The van der Waals surface area contributed by atoms with Crippen molar-refractivity contribution in [1.82, 2.24) is 5.06 Å². The quantitative estimate of drug-likeness (QED) is 0.797. The molecule has 0 unspecified atom stereocenters. The summed E-state index contributed by atoms with van der Waals surface area (Å²) >= 11 is 11.9. The molecule has 5 nitrogen and oxygen atoms in total. The highest BCUT2D eigenvalue weighted by Gasteiger charge is 2.38. The molecule has 0 fully saturated rings. The number of benzene rings is 2. The van der Waals surface area contributed by atoms with Gasteiger partial charge in [0.2, 0.25) is 0 Å². The molecule has 0 bridgehead atoms. The minimum atomic E-state index is -0.788. The molecule has 0 N–H and O–H groups in total. The molecule has 1 aliphatic rings. The Hall–Kier alpha value is -2.37. The van der Waals surface area contributed by atoms with E-state index in [-0.39, 0.29) is 22.6 Å². The third-order valence-corrected chi connectivity index (χ3v) is 4.17. The van der Waals surface area contributed by atoms with Crippen molar-refractivity contribution in [2.24, 2.45) is 0 Å². The molecule has 1 heterocycles. The molecule has 0 aromatic heterocycles. The first-order chi connectivity index (χ1) is 11.0. The van der Waals surface area contributed by atoms with Crippen LogP contribution in [0.3, 0.4) is 0 Å². The minimum absolute atomic E-state index is 0.200. The number of nitrogens with zero attached hydrogens (tertiary/aromatic N) is 1. The zero-order valence-electron chi connectivity index (χ0n) is 11.6. The Labute approximate surface area is 141 Å². The molecule has 0 saturated heterocycles. The lowest BCUT2D eigenvalue weighted by Gasteiger charge is -2.13. The standard InChI is InChI=1S/C16H9Cl2NO4/c17-12-7-3-4-9(14(12)18)8-13(20)23-19-15(21)10-5-1-2-6-11(10)16(19)22/h1-7H,8H2. The van der Waals surface area contributed by atoms with E-state index in [1.54, 1.807) is 30.3 Å². The van der Waals surface area contributed by atoms with E-state index in [0.29, 0.717) is 15.6 Å². The summed E-state index contributed by atoms with van der Waals surface area (Å²) < 4.78 is 0. The number of hydrogen-bond donors (Lipinski definition) is 0.